The van der Waals surface area contributed by atoms with Gasteiger partial charge in [-0.05, 0) is 55.1 Å². The van der Waals surface area contributed by atoms with Crippen molar-refractivity contribution in [1.29, 1.82) is 0 Å². The molecule has 1 saturated heterocycles. The second-order valence-corrected chi connectivity index (χ2v) is 6.86. The lowest BCUT2D eigenvalue weighted by Gasteiger charge is -2.21. The van der Waals surface area contributed by atoms with Crippen LogP contribution in [0, 0.1) is 0 Å². The molecular weight excluding hydrogens is 322 g/mol. The van der Waals surface area contributed by atoms with E-state index in [0.29, 0.717) is 24.3 Å². The Balaban J connectivity index is 1.48. The fraction of sp³-hybridized carbons (Fsp3) is 0.333. The predicted molar refractivity (Wildman–Crippen MR) is 93.0 cm³/mol. The molecule has 0 radical (unpaired) electrons. The summed E-state index contributed by atoms with van der Waals surface area (Å²) in [5, 5.41) is 6.26. The Morgan fingerprint density at radius 2 is 2.17 bits per heavy atom. The third-order valence-electron chi connectivity index (χ3n) is 4.39. The van der Waals surface area contributed by atoms with E-state index < -0.39 is 0 Å². The van der Waals surface area contributed by atoms with E-state index in [0.717, 1.165) is 17.9 Å². The summed E-state index contributed by atoms with van der Waals surface area (Å²) < 4.78 is 10.6. The summed E-state index contributed by atoms with van der Waals surface area (Å²) in [5.74, 6) is 2.11. The fourth-order valence-corrected chi connectivity index (χ4v) is 4.06. The standard InChI is InChI=1S/C18H19N3O2S/c1-22-14-8-6-13(7-9-14)18-19-17(23-20-18)12-21-10-2-4-15(21)16-5-3-11-24-16/h3,5-9,11,15H,2,4,10,12H2,1H3/t15-/m1/s1. The quantitative estimate of drug-likeness (QED) is 0.698. The molecule has 0 unspecified atom stereocenters. The molecule has 0 bridgehead atoms. The van der Waals surface area contributed by atoms with Crippen LogP contribution >= 0.6 is 11.3 Å². The number of nitrogens with zero attached hydrogens (tertiary/aromatic N) is 3. The summed E-state index contributed by atoms with van der Waals surface area (Å²) in [4.78, 5) is 8.40. The van der Waals surface area contributed by atoms with E-state index in [1.54, 1.807) is 7.11 Å². The van der Waals surface area contributed by atoms with Gasteiger partial charge in [0, 0.05) is 16.5 Å². The highest BCUT2D eigenvalue weighted by Gasteiger charge is 2.28. The minimum atomic E-state index is 0.473. The molecule has 0 saturated carbocycles. The van der Waals surface area contributed by atoms with Gasteiger partial charge in [0.15, 0.2) is 0 Å². The Bertz CT molecular complexity index is 783. The van der Waals surface area contributed by atoms with Gasteiger partial charge >= 0.3 is 0 Å². The lowest BCUT2D eigenvalue weighted by Crippen LogP contribution is -2.22. The van der Waals surface area contributed by atoms with Crippen molar-refractivity contribution >= 4 is 11.3 Å². The molecule has 124 valence electrons. The second kappa shape index (κ2) is 6.75. The average Bonchev–Trinajstić information content (AvgIpc) is 3.37. The Hall–Kier alpha value is -2.18. The van der Waals surface area contributed by atoms with Crippen LogP contribution in [0.15, 0.2) is 46.3 Å². The summed E-state index contributed by atoms with van der Waals surface area (Å²) in [7, 11) is 1.65. The van der Waals surface area contributed by atoms with E-state index in [1.165, 1.54) is 17.7 Å². The van der Waals surface area contributed by atoms with Crippen LogP contribution in [0.2, 0.25) is 0 Å². The molecule has 1 aromatic carbocycles. The maximum Gasteiger partial charge on any atom is 0.241 e. The van der Waals surface area contributed by atoms with E-state index in [9.17, 15) is 0 Å². The van der Waals surface area contributed by atoms with Gasteiger partial charge in [-0.25, -0.2) is 0 Å². The zero-order valence-corrected chi connectivity index (χ0v) is 14.3. The summed E-state index contributed by atoms with van der Waals surface area (Å²) in [5.41, 5.74) is 0.932. The number of benzene rings is 1. The molecule has 0 amide bonds. The van der Waals surface area contributed by atoms with E-state index in [4.69, 9.17) is 9.26 Å². The molecule has 4 rings (SSSR count). The SMILES string of the molecule is COc1ccc(-c2noc(CN3CCC[C@@H]3c3cccs3)n2)cc1. The topological polar surface area (TPSA) is 51.4 Å². The van der Waals surface area contributed by atoms with E-state index in [-0.39, 0.29) is 0 Å². The molecule has 2 aromatic heterocycles. The Labute approximate surface area is 144 Å². The van der Waals surface area contributed by atoms with Crippen LogP contribution in [0.4, 0.5) is 0 Å². The molecule has 24 heavy (non-hydrogen) atoms. The number of hydrogen-bond acceptors (Lipinski definition) is 6. The van der Waals surface area contributed by atoms with Gasteiger partial charge in [0.05, 0.1) is 13.7 Å². The number of aromatic nitrogens is 2. The van der Waals surface area contributed by atoms with Crippen LogP contribution in [0.5, 0.6) is 5.75 Å². The molecule has 1 atom stereocenters. The summed E-state index contributed by atoms with van der Waals surface area (Å²) in [6, 6.07) is 12.5. The van der Waals surface area contributed by atoms with Crippen molar-refractivity contribution in [3.63, 3.8) is 0 Å². The number of rotatable bonds is 5. The Morgan fingerprint density at radius 1 is 1.29 bits per heavy atom. The molecule has 3 heterocycles. The van der Waals surface area contributed by atoms with Crippen LogP contribution in [-0.2, 0) is 6.54 Å². The van der Waals surface area contributed by atoms with Gasteiger partial charge in [-0.2, -0.15) is 4.98 Å². The van der Waals surface area contributed by atoms with E-state index >= 15 is 0 Å². The van der Waals surface area contributed by atoms with Gasteiger partial charge in [0.2, 0.25) is 11.7 Å². The molecule has 6 heteroatoms. The van der Waals surface area contributed by atoms with Crippen molar-refractivity contribution in [2.45, 2.75) is 25.4 Å². The summed E-state index contributed by atoms with van der Waals surface area (Å²) >= 11 is 1.82. The van der Waals surface area contributed by atoms with Gasteiger partial charge in [0.25, 0.3) is 0 Å². The third kappa shape index (κ3) is 3.07. The largest absolute Gasteiger partial charge is 0.497 e. The van der Waals surface area contributed by atoms with Crippen LogP contribution < -0.4 is 4.74 Å². The van der Waals surface area contributed by atoms with Gasteiger partial charge in [-0.3, -0.25) is 4.90 Å². The fourth-order valence-electron chi connectivity index (χ4n) is 3.17. The molecule has 0 spiro atoms. The minimum Gasteiger partial charge on any atom is -0.497 e. The monoisotopic (exact) mass is 341 g/mol. The molecule has 3 aromatic rings. The lowest BCUT2D eigenvalue weighted by atomic mass is 10.2. The van der Waals surface area contributed by atoms with Gasteiger partial charge in [0.1, 0.15) is 5.75 Å². The predicted octanol–water partition coefficient (Wildman–Crippen LogP) is 4.14. The molecule has 0 aliphatic carbocycles. The van der Waals surface area contributed by atoms with Gasteiger partial charge in [-0.15, -0.1) is 11.3 Å². The first kappa shape index (κ1) is 15.4. The number of hydrogen-bond donors (Lipinski definition) is 0. The lowest BCUT2D eigenvalue weighted by molar-refractivity contribution is 0.214. The van der Waals surface area contributed by atoms with Crippen molar-refractivity contribution in [2.75, 3.05) is 13.7 Å². The number of ether oxygens (including phenoxy) is 1. The van der Waals surface area contributed by atoms with Crippen molar-refractivity contribution < 1.29 is 9.26 Å². The maximum atomic E-state index is 5.47. The molecular formula is C18H19N3O2S. The zero-order valence-electron chi connectivity index (χ0n) is 13.5. The van der Waals surface area contributed by atoms with E-state index in [2.05, 4.69) is 32.6 Å². The van der Waals surface area contributed by atoms with Gasteiger partial charge in [-0.1, -0.05) is 11.2 Å². The van der Waals surface area contributed by atoms with Crippen molar-refractivity contribution in [3.8, 4) is 17.1 Å². The van der Waals surface area contributed by atoms with E-state index in [1.807, 2.05) is 35.6 Å². The number of thiophene rings is 1. The highest BCUT2D eigenvalue weighted by Crippen LogP contribution is 2.35. The van der Waals surface area contributed by atoms with Crippen molar-refractivity contribution in [1.82, 2.24) is 15.0 Å². The number of methoxy groups -OCH3 is 1. The van der Waals surface area contributed by atoms with Crippen LogP contribution in [0.25, 0.3) is 11.4 Å². The highest BCUT2D eigenvalue weighted by atomic mass is 32.1. The average molecular weight is 341 g/mol. The van der Waals surface area contributed by atoms with Gasteiger partial charge < -0.3 is 9.26 Å². The summed E-state index contributed by atoms with van der Waals surface area (Å²) in [6.07, 6.45) is 2.40. The van der Waals surface area contributed by atoms with Crippen LogP contribution in [0.1, 0.15) is 29.7 Å². The first-order chi connectivity index (χ1) is 11.8. The normalized spacial score (nSPS) is 18.1. The van der Waals surface area contributed by atoms with Crippen LogP contribution in [-0.4, -0.2) is 28.7 Å². The Morgan fingerprint density at radius 3 is 2.92 bits per heavy atom. The molecule has 0 N–H and O–H groups in total. The smallest absolute Gasteiger partial charge is 0.241 e. The molecule has 5 nitrogen and oxygen atoms in total. The van der Waals surface area contributed by atoms with Crippen molar-refractivity contribution in [3.05, 3.63) is 52.5 Å². The number of likely N-dealkylation sites (tertiary alicyclic amines) is 1. The van der Waals surface area contributed by atoms with Crippen molar-refractivity contribution in [2.24, 2.45) is 0 Å². The summed E-state index contributed by atoms with van der Waals surface area (Å²) in [6.45, 7) is 1.77. The molecule has 1 aliphatic rings. The third-order valence-corrected chi connectivity index (χ3v) is 5.36. The maximum absolute atomic E-state index is 5.47. The first-order valence-electron chi connectivity index (χ1n) is 8.08. The minimum absolute atomic E-state index is 0.473. The molecule has 1 aliphatic heterocycles. The molecule has 1 fully saturated rings. The zero-order chi connectivity index (χ0) is 16.4. The van der Waals surface area contributed by atoms with Crippen LogP contribution in [0.3, 0.4) is 0 Å². The first-order valence-corrected chi connectivity index (χ1v) is 8.96. The second-order valence-electron chi connectivity index (χ2n) is 5.88. The Kier molecular flexibility index (Phi) is 4.32. The highest BCUT2D eigenvalue weighted by molar-refractivity contribution is 7.10.